The summed E-state index contributed by atoms with van der Waals surface area (Å²) in [5, 5.41) is 1.68. The first kappa shape index (κ1) is 19.0. The molecule has 0 amide bonds. The van der Waals surface area contributed by atoms with Crippen molar-refractivity contribution in [3.05, 3.63) is 96.1 Å². The van der Waals surface area contributed by atoms with Crippen LogP contribution in [0.3, 0.4) is 0 Å². The van der Waals surface area contributed by atoms with Crippen molar-refractivity contribution in [2.24, 2.45) is 0 Å². The molecule has 0 saturated carbocycles. The number of carbonyl (C=O) groups excluding carboxylic acids is 2. The van der Waals surface area contributed by atoms with Gasteiger partial charge >= 0.3 is 11.9 Å². The largest absolute Gasteiger partial charge is 0.423 e. The van der Waals surface area contributed by atoms with Crippen molar-refractivity contribution >= 4 is 34.1 Å². The van der Waals surface area contributed by atoms with E-state index in [2.05, 4.69) is 0 Å². The number of anilines is 2. The molecule has 148 valence electrons. The number of hydrogen-bond acceptors (Lipinski definition) is 6. The van der Waals surface area contributed by atoms with Crippen molar-refractivity contribution in [3.63, 3.8) is 0 Å². The van der Waals surface area contributed by atoms with Crippen molar-refractivity contribution < 1.29 is 19.1 Å². The quantitative estimate of drug-likeness (QED) is 0.299. The maximum Gasteiger partial charge on any atom is 0.343 e. The molecule has 4 aromatic carbocycles. The normalized spacial score (nSPS) is 10.5. The van der Waals surface area contributed by atoms with Gasteiger partial charge in [-0.2, -0.15) is 0 Å². The lowest BCUT2D eigenvalue weighted by molar-refractivity contribution is 0.0726. The number of nitrogens with two attached hydrogens (primary N) is 2. The predicted octanol–water partition coefficient (Wildman–Crippen LogP) is 4.44. The molecule has 0 aliphatic heterocycles. The van der Waals surface area contributed by atoms with Gasteiger partial charge in [-0.1, -0.05) is 12.1 Å². The summed E-state index contributed by atoms with van der Waals surface area (Å²) >= 11 is 0. The van der Waals surface area contributed by atoms with Gasteiger partial charge in [-0.3, -0.25) is 0 Å². The van der Waals surface area contributed by atoms with Crippen LogP contribution in [0.15, 0.2) is 84.9 Å². The number of ether oxygens (including phenoxy) is 2. The second kappa shape index (κ2) is 7.97. The van der Waals surface area contributed by atoms with E-state index >= 15 is 0 Å². The maximum atomic E-state index is 12.3. The van der Waals surface area contributed by atoms with E-state index in [9.17, 15) is 9.59 Å². The van der Waals surface area contributed by atoms with Crippen LogP contribution >= 0.6 is 0 Å². The zero-order chi connectivity index (χ0) is 21.1. The summed E-state index contributed by atoms with van der Waals surface area (Å²) in [7, 11) is 0. The van der Waals surface area contributed by atoms with Crippen LogP contribution in [0.4, 0.5) is 11.4 Å². The van der Waals surface area contributed by atoms with Gasteiger partial charge in [-0.25, -0.2) is 9.59 Å². The van der Waals surface area contributed by atoms with Crippen molar-refractivity contribution in [3.8, 4) is 11.5 Å². The number of fused-ring (bicyclic) bond motifs is 1. The molecule has 0 radical (unpaired) electrons. The number of benzene rings is 4. The highest BCUT2D eigenvalue weighted by atomic mass is 16.5. The van der Waals surface area contributed by atoms with Crippen LogP contribution in [-0.2, 0) is 0 Å². The van der Waals surface area contributed by atoms with E-state index in [1.54, 1.807) is 72.8 Å². The van der Waals surface area contributed by atoms with Gasteiger partial charge in [-0.05, 0) is 83.6 Å². The average Bonchev–Trinajstić information content (AvgIpc) is 2.74. The molecule has 4 rings (SSSR count). The highest BCUT2D eigenvalue weighted by molar-refractivity contribution is 5.94. The van der Waals surface area contributed by atoms with E-state index in [1.165, 1.54) is 0 Å². The predicted molar refractivity (Wildman–Crippen MR) is 116 cm³/mol. The number of esters is 2. The number of rotatable bonds is 4. The fourth-order valence-corrected chi connectivity index (χ4v) is 2.90. The monoisotopic (exact) mass is 398 g/mol. The van der Waals surface area contributed by atoms with Crippen molar-refractivity contribution in [2.45, 2.75) is 0 Å². The van der Waals surface area contributed by atoms with Gasteiger partial charge in [-0.15, -0.1) is 0 Å². The Kier molecular flexibility index (Phi) is 5.05. The molecular weight excluding hydrogens is 380 g/mol. The van der Waals surface area contributed by atoms with Crippen LogP contribution in [0.1, 0.15) is 20.7 Å². The third-order valence-corrected chi connectivity index (χ3v) is 4.50. The number of nitrogen functional groups attached to an aromatic ring is 2. The molecule has 0 saturated heterocycles. The van der Waals surface area contributed by atoms with Gasteiger partial charge in [0.25, 0.3) is 0 Å². The van der Waals surface area contributed by atoms with Crippen LogP contribution in [-0.4, -0.2) is 11.9 Å². The van der Waals surface area contributed by atoms with E-state index in [0.717, 1.165) is 10.8 Å². The Morgan fingerprint density at radius 1 is 0.533 bits per heavy atom. The van der Waals surface area contributed by atoms with Crippen LogP contribution < -0.4 is 20.9 Å². The first-order valence-corrected chi connectivity index (χ1v) is 9.17. The molecule has 0 bridgehead atoms. The molecule has 0 fully saturated rings. The van der Waals surface area contributed by atoms with Gasteiger partial charge in [0.1, 0.15) is 11.5 Å². The molecule has 4 aromatic rings. The van der Waals surface area contributed by atoms with E-state index in [0.29, 0.717) is 34.0 Å². The maximum absolute atomic E-state index is 12.3. The SMILES string of the molecule is Nc1ccc(C(=O)Oc2ccc3ccc(OC(=O)c4ccc(N)cc4)cc3c2)cc1. The number of hydrogen-bond donors (Lipinski definition) is 2. The van der Waals surface area contributed by atoms with E-state index in [4.69, 9.17) is 20.9 Å². The van der Waals surface area contributed by atoms with Gasteiger partial charge < -0.3 is 20.9 Å². The minimum absolute atomic E-state index is 0.381. The van der Waals surface area contributed by atoms with Crippen LogP contribution in [0.2, 0.25) is 0 Å². The van der Waals surface area contributed by atoms with Crippen LogP contribution in [0.5, 0.6) is 11.5 Å². The summed E-state index contributed by atoms with van der Waals surface area (Å²) < 4.78 is 10.9. The molecule has 0 aromatic heterocycles. The van der Waals surface area contributed by atoms with Crippen LogP contribution in [0, 0.1) is 0 Å². The highest BCUT2D eigenvalue weighted by Crippen LogP contribution is 2.26. The Labute approximate surface area is 172 Å². The average molecular weight is 398 g/mol. The third-order valence-electron chi connectivity index (χ3n) is 4.50. The van der Waals surface area contributed by atoms with Gasteiger partial charge in [0.2, 0.25) is 0 Å². The molecule has 4 N–H and O–H groups in total. The summed E-state index contributed by atoms with van der Waals surface area (Å²) in [5.74, 6) is -0.210. The van der Waals surface area contributed by atoms with E-state index in [1.807, 2.05) is 12.1 Å². The van der Waals surface area contributed by atoms with E-state index < -0.39 is 11.9 Å². The van der Waals surface area contributed by atoms with Crippen molar-refractivity contribution in [2.75, 3.05) is 11.5 Å². The zero-order valence-electron chi connectivity index (χ0n) is 15.9. The lowest BCUT2D eigenvalue weighted by Gasteiger charge is -2.08. The lowest BCUT2D eigenvalue weighted by atomic mass is 10.1. The van der Waals surface area contributed by atoms with Crippen molar-refractivity contribution in [1.29, 1.82) is 0 Å². The van der Waals surface area contributed by atoms with E-state index in [-0.39, 0.29) is 0 Å². The Balaban J connectivity index is 1.53. The first-order chi connectivity index (χ1) is 14.5. The Hall–Kier alpha value is -4.32. The van der Waals surface area contributed by atoms with Gasteiger partial charge in [0.15, 0.2) is 0 Å². The summed E-state index contributed by atoms with van der Waals surface area (Å²) in [4.78, 5) is 24.6. The molecule has 6 heteroatoms. The minimum Gasteiger partial charge on any atom is -0.423 e. The summed E-state index contributed by atoms with van der Waals surface area (Å²) in [5.41, 5.74) is 13.2. The third kappa shape index (κ3) is 4.23. The molecule has 0 aliphatic carbocycles. The highest BCUT2D eigenvalue weighted by Gasteiger charge is 2.11. The second-order valence-corrected chi connectivity index (χ2v) is 6.69. The first-order valence-electron chi connectivity index (χ1n) is 9.17. The van der Waals surface area contributed by atoms with Gasteiger partial charge in [0, 0.05) is 11.4 Å². The smallest absolute Gasteiger partial charge is 0.343 e. The molecule has 0 unspecified atom stereocenters. The fraction of sp³-hybridized carbons (Fsp3) is 0. The molecule has 0 aliphatic rings. The Bertz CT molecular complexity index is 1140. The minimum atomic E-state index is -0.486. The Morgan fingerprint density at radius 3 is 1.33 bits per heavy atom. The lowest BCUT2D eigenvalue weighted by Crippen LogP contribution is -2.09. The standard InChI is InChI=1S/C24H18N2O4/c25-19-7-1-16(2-8-19)23(27)29-21-11-5-15-6-12-22(14-18(15)13-21)30-24(28)17-3-9-20(26)10-4-17/h1-14H,25-26H2. The molecule has 6 nitrogen and oxygen atoms in total. The molecule has 0 spiro atoms. The number of carbonyl (C=O) groups is 2. The summed E-state index contributed by atoms with van der Waals surface area (Å²) in [6, 6.07) is 23.5. The summed E-state index contributed by atoms with van der Waals surface area (Å²) in [6.45, 7) is 0. The molecule has 0 atom stereocenters. The summed E-state index contributed by atoms with van der Waals surface area (Å²) in [6.07, 6.45) is 0. The molecule has 30 heavy (non-hydrogen) atoms. The zero-order valence-corrected chi connectivity index (χ0v) is 15.9. The fourth-order valence-electron chi connectivity index (χ4n) is 2.90. The topological polar surface area (TPSA) is 105 Å². The van der Waals surface area contributed by atoms with Crippen molar-refractivity contribution in [1.82, 2.24) is 0 Å². The Morgan fingerprint density at radius 2 is 0.933 bits per heavy atom. The molecule has 0 heterocycles. The molecular formula is C24H18N2O4. The van der Waals surface area contributed by atoms with Crippen LogP contribution in [0.25, 0.3) is 10.8 Å². The second-order valence-electron chi connectivity index (χ2n) is 6.69. The van der Waals surface area contributed by atoms with Gasteiger partial charge in [0.05, 0.1) is 11.1 Å².